The van der Waals surface area contributed by atoms with Gasteiger partial charge in [-0.15, -0.1) is 0 Å². The van der Waals surface area contributed by atoms with Crippen LogP contribution in [0.25, 0.3) is 0 Å². The molecule has 1 aromatic heterocycles. The lowest BCUT2D eigenvalue weighted by atomic mass is 10.0. The van der Waals surface area contributed by atoms with E-state index >= 15 is 0 Å². The summed E-state index contributed by atoms with van der Waals surface area (Å²) in [5.41, 5.74) is 2.95. The van der Waals surface area contributed by atoms with Crippen molar-refractivity contribution in [1.29, 1.82) is 0 Å². The molecule has 0 amide bonds. The summed E-state index contributed by atoms with van der Waals surface area (Å²) in [6.07, 6.45) is 1.75. The molecule has 20 heavy (non-hydrogen) atoms. The predicted molar refractivity (Wildman–Crippen MR) is 79.1 cm³/mol. The molecule has 0 radical (unpaired) electrons. The zero-order valence-corrected chi connectivity index (χ0v) is 11.9. The standard InChI is InChI=1S/C16H18N2O2/c1-11-5-4-10-17-15(11)18-14-8-6-13(7-9-14)12(2)16(19)20-3/h4-10,12H,1-3H3,(H,17,18)/t12-/m1/s1. The Morgan fingerprint density at radius 3 is 2.55 bits per heavy atom. The number of ether oxygens (including phenoxy) is 1. The number of pyridine rings is 1. The summed E-state index contributed by atoms with van der Waals surface area (Å²) in [6.45, 7) is 3.83. The van der Waals surface area contributed by atoms with Crippen molar-refractivity contribution in [3.05, 3.63) is 53.7 Å². The van der Waals surface area contributed by atoms with Gasteiger partial charge in [0.1, 0.15) is 5.82 Å². The number of anilines is 2. The molecule has 0 unspecified atom stereocenters. The summed E-state index contributed by atoms with van der Waals surface area (Å²) >= 11 is 0. The van der Waals surface area contributed by atoms with Gasteiger partial charge in [-0.05, 0) is 43.2 Å². The highest BCUT2D eigenvalue weighted by Gasteiger charge is 2.15. The van der Waals surface area contributed by atoms with Crippen molar-refractivity contribution in [3.8, 4) is 0 Å². The van der Waals surface area contributed by atoms with Gasteiger partial charge >= 0.3 is 5.97 Å². The van der Waals surface area contributed by atoms with Crippen LogP contribution in [0, 0.1) is 6.92 Å². The molecule has 0 aliphatic heterocycles. The third-order valence-electron chi connectivity index (χ3n) is 3.24. The maximum atomic E-state index is 11.5. The zero-order chi connectivity index (χ0) is 14.5. The highest BCUT2D eigenvalue weighted by Crippen LogP contribution is 2.22. The molecule has 1 atom stereocenters. The summed E-state index contributed by atoms with van der Waals surface area (Å²) in [6, 6.07) is 11.6. The molecule has 0 aliphatic carbocycles. The monoisotopic (exact) mass is 270 g/mol. The van der Waals surface area contributed by atoms with Crippen molar-refractivity contribution < 1.29 is 9.53 Å². The number of carbonyl (C=O) groups is 1. The molecule has 0 fully saturated rings. The molecule has 4 nitrogen and oxygen atoms in total. The van der Waals surface area contributed by atoms with E-state index in [1.54, 1.807) is 6.20 Å². The predicted octanol–water partition coefficient (Wildman–Crippen LogP) is 3.41. The van der Waals surface area contributed by atoms with Gasteiger partial charge in [-0.2, -0.15) is 0 Å². The van der Waals surface area contributed by atoms with Crippen LogP contribution in [-0.4, -0.2) is 18.1 Å². The Bertz CT molecular complexity index is 594. The van der Waals surface area contributed by atoms with Crippen LogP contribution in [0.3, 0.4) is 0 Å². The quantitative estimate of drug-likeness (QED) is 0.865. The average molecular weight is 270 g/mol. The van der Waals surface area contributed by atoms with Crippen molar-refractivity contribution in [3.63, 3.8) is 0 Å². The highest BCUT2D eigenvalue weighted by molar-refractivity contribution is 5.77. The number of aryl methyl sites for hydroxylation is 1. The lowest BCUT2D eigenvalue weighted by Gasteiger charge is -2.11. The van der Waals surface area contributed by atoms with E-state index in [-0.39, 0.29) is 11.9 Å². The van der Waals surface area contributed by atoms with E-state index in [9.17, 15) is 4.79 Å². The number of methoxy groups -OCH3 is 1. The van der Waals surface area contributed by atoms with Crippen molar-refractivity contribution in [2.24, 2.45) is 0 Å². The Kier molecular flexibility index (Phi) is 4.35. The van der Waals surface area contributed by atoms with Gasteiger partial charge < -0.3 is 10.1 Å². The van der Waals surface area contributed by atoms with Crippen LogP contribution in [0.15, 0.2) is 42.6 Å². The van der Waals surface area contributed by atoms with Crippen molar-refractivity contribution in [2.45, 2.75) is 19.8 Å². The summed E-state index contributed by atoms with van der Waals surface area (Å²) in [5, 5.41) is 3.25. The fourth-order valence-electron chi connectivity index (χ4n) is 1.92. The number of esters is 1. The molecule has 104 valence electrons. The lowest BCUT2D eigenvalue weighted by Crippen LogP contribution is -2.10. The maximum Gasteiger partial charge on any atom is 0.312 e. The Morgan fingerprint density at radius 1 is 1.25 bits per heavy atom. The summed E-state index contributed by atoms with van der Waals surface area (Å²) in [5.74, 6) is 0.346. The molecule has 0 saturated carbocycles. The largest absolute Gasteiger partial charge is 0.469 e. The normalized spacial score (nSPS) is 11.8. The fourth-order valence-corrected chi connectivity index (χ4v) is 1.92. The SMILES string of the molecule is COC(=O)[C@H](C)c1ccc(Nc2ncccc2C)cc1. The van der Waals surface area contributed by atoms with E-state index in [0.717, 1.165) is 22.6 Å². The van der Waals surface area contributed by atoms with E-state index in [1.165, 1.54) is 7.11 Å². The van der Waals surface area contributed by atoms with E-state index in [0.29, 0.717) is 0 Å². The lowest BCUT2D eigenvalue weighted by molar-refractivity contribution is -0.141. The minimum atomic E-state index is -0.259. The van der Waals surface area contributed by atoms with E-state index in [2.05, 4.69) is 10.3 Å². The molecule has 2 aromatic rings. The van der Waals surface area contributed by atoms with E-state index in [4.69, 9.17) is 4.74 Å². The van der Waals surface area contributed by atoms with Gasteiger partial charge in [0.2, 0.25) is 0 Å². The van der Waals surface area contributed by atoms with Crippen LogP contribution in [0.5, 0.6) is 0 Å². The van der Waals surface area contributed by atoms with Crippen LogP contribution in [0.4, 0.5) is 11.5 Å². The summed E-state index contributed by atoms with van der Waals surface area (Å²) in [4.78, 5) is 15.8. The van der Waals surface area contributed by atoms with Gasteiger partial charge in [-0.3, -0.25) is 4.79 Å². The van der Waals surface area contributed by atoms with E-state index in [1.807, 2.05) is 50.2 Å². The van der Waals surface area contributed by atoms with Crippen LogP contribution in [-0.2, 0) is 9.53 Å². The second kappa shape index (κ2) is 6.19. The van der Waals surface area contributed by atoms with Gasteiger partial charge in [-0.1, -0.05) is 18.2 Å². The molecule has 0 spiro atoms. The third-order valence-corrected chi connectivity index (χ3v) is 3.24. The first-order valence-corrected chi connectivity index (χ1v) is 6.48. The first kappa shape index (κ1) is 14.1. The van der Waals surface area contributed by atoms with Crippen molar-refractivity contribution in [2.75, 3.05) is 12.4 Å². The smallest absolute Gasteiger partial charge is 0.312 e. The Hall–Kier alpha value is -2.36. The van der Waals surface area contributed by atoms with Crippen LogP contribution in [0.1, 0.15) is 24.0 Å². The molecule has 1 N–H and O–H groups in total. The average Bonchev–Trinajstić information content (AvgIpc) is 2.49. The van der Waals surface area contributed by atoms with Gasteiger partial charge in [0, 0.05) is 11.9 Å². The second-order valence-corrected chi connectivity index (χ2v) is 4.66. The Morgan fingerprint density at radius 2 is 1.95 bits per heavy atom. The maximum absolute atomic E-state index is 11.5. The minimum absolute atomic E-state index is 0.230. The first-order valence-electron chi connectivity index (χ1n) is 6.48. The molecule has 0 saturated heterocycles. The Balaban J connectivity index is 2.13. The molecule has 0 bridgehead atoms. The van der Waals surface area contributed by atoms with Gasteiger partial charge in [0.25, 0.3) is 0 Å². The number of rotatable bonds is 4. The highest BCUT2D eigenvalue weighted by atomic mass is 16.5. The number of benzene rings is 1. The van der Waals surface area contributed by atoms with Gasteiger partial charge in [0.05, 0.1) is 13.0 Å². The third kappa shape index (κ3) is 3.15. The fraction of sp³-hybridized carbons (Fsp3) is 0.250. The molecule has 1 heterocycles. The number of carbonyl (C=O) groups excluding carboxylic acids is 1. The number of nitrogens with zero attached hydrogens (tertiary/aromatic N) is 1. The second-order valence-electron chi connectivity index (χ2n) is 4.66. The molecule has 1 aromatic carbocycles. The van der Waals surface area contributed by atoms with Crippen molar-refractivity contribution >= 4 is 17.5 Å². The van der Waals surface area contributed by atoms with Crippen LogP contribution < -0.4 is 5.32 Å². The minimum Gasteiger partial charge on any atom is -0.469 e. The Labute approximate surface area is 118 Å². The summed E-state index contributed by atoms with van der Waals surface area (Å²) < 4.78 is 4.74. The van der Waals surface area contributed by atoms with Gasteiger partial charge in [0.15, 0.2) is 0 Å². The number of hydrogen-bond donors (Lipinski definition) is 1. The zero-order valence-electron chi connectivity index (χ0n) is 11.9. The molecular weight excluding hydrogens is 252 g/mol. The number of aromatic nitrogens is 1. The molecule has 0 aliphatic rings. The molecule has 2 rings (SSSR count). The van der Waals surface area contributed by atoms with Crippen LogP contribution >= 0.6 is 0 Å². The number of nitrogens with one attached hydrogen (secondary N) is 1. The molecule has 4 heteroatoms. The first-order chi connectivity index (χ1) is 9.61. The van der Waals surface area contributed by atoms with Gasteiger partial charge in [-0.25, -0.2) is 4.98 Å². The summed E-state index contributed by atoms with van der Waals surface area (Å²) in [7, 11) is 1.40. The number of hydrogen-bond acceptors (Lipinski definition) is 4. The van der Waals surface area contributed by atoms with Crippen molar-refractivity contribution in [1.82, 2.24) is 4.98 Å². The van der Waals surface area contributed by atoms with E-state index < -0.39 is 0 Å². The topological polar surface area (TPSA) is 51.2 Å². The molecular formula is C16H18N2O2. The van der Waals surface area contributed by atoms with Crippen LogP contribution in [0.2, 0.25) is 0 Å².